The summed E-state index contributed by atoms with van der Waals surface area (Å²) in [6, 6.07) is 6.70. The van der Waals surface area contributed by atoms with Gasteiger partial charge in [0.2, 0.25) is 5.88 Å². The molecule has 0 unspecified atom stereocenters. The topological polar surface area (TPSA) is 80.3 Å². The number of hydrogen-bond acceptors (Lipinski definition) is 4. The molecule has 0 aliphatic rings. The molecule has 0 saturated carbocycles. The van der Waals surface area contributed by atoms with Crippen molar-refractivity contribution >= 4 is 29.1 Å². The number of hydrogen-bond donors (Lipinski definition) is 2. The first kappa shape index (κ1) is 21.5. The molecule has 10 heteroatoms. The van der Waals surface area contributed by atoms with E-state index in [4.69, 9.17) is 11.6 Å². The van der Waals surface area contributed by atoms with Crippen LogP contribution in [-0.2, 0) is 0 Å². The van der Waals surface area contributed by atoms with E-state index in [-0.39, 0.29) is 28.7 Å². The summed E-state index contributed by atoms with van der Waals surface area (Å²) in [7, 11) is 0. The van der Waals surface area contributed by atoms with Gasteiger partial charge in [0.1, 0.15) is 0 Å². The fourth-order valence-corrected chi connectivity index (χ4v) is 2.28. The van der Waals surface area contributed by atoms with Crippen molar-refractivity contribution in [3.8, 4) is 5.88 Å². The quantitative estimate of drug-likeness (QED) is 0.745. The third kappa shape index (κ3) is 6.41. The lowest BCUT2D eigenvalue weighted by Gasteiger charge is -2.14. The largest absolute Gasteiger partial charge is 0.468 e. The average Bonchev–Trinajstić information content (AvgIpc) is 2.59. The first-order valence-electron chi connectivity index (χ1n) is 8.12. The van der Waals surface area contributed by atoms with Gasteiger partial charge in [0.25, 0.3) is 11.8 Å². The van der Waals surface area contributed by atoms with Crippen molar-refractivity contribution in [1.82, 2.24) is 10.3 Å². The number of ether oxygens (including phenoxy) is 1. The lowest BCUT2D eigenvalue weighted by Crippen LogP contribution is -2.31. The minimum Gasteiger partial charge on any atom is -0.468 e. The Morgan fingerprint density at radius 3 is 2.46 bits per heavy atom. The van der Waals surface area contributed by atoms with Gasteiger partial charge in [-0.05, 0) is 38.1 Å². The van der Waals surface area contributed by atoms with Crippen molar-refractivity contribution in [2.24, 2.45) is 0 Å². The van der Waals surface area contributed by atoms with Crippen LogP contribution < -0.4 is 15.4 Å². The zero-order chi connectivity index (χ0) is 20.9. The van der Waals surface area contributed by atoms with Crippen LogP contribution in [0.3, 0.4) is 0 Å². The number of aromatic nitrogens is 1. The first-order valence-corrected chi connectivity index (χ1v) is 8.50. The summed E-state index contributed by atoms with van der Waals surface area (Å²) >= 11 is 5.95. The molecule has 0 saturated heterocycles. The van der Waals surface area contributed by atoms with Crippen molar-refractivity contribution in [1.29, 1.82) is 0 Å². The molecule has 0 radical (unpaired) electrons. The number of carbonyl (C=O) groups is 2. The van der Waals surface area contributed by atoms with Gasteiger partial charge in [-0.1, -0.05) is 11.6 Å². The Bertz CT molecular complexity index is 855. The standard InChI is InChI=1S/C18H17ClF3N3O3/c1-10(2)24-17(27)13-5-4-12(19)7-14(13)25-16(26)11-3-6-15(23-8-11)28-9-18(20,21)22/h3-8,10H,9H2,1-2H3,(H,24,27)(H,25,26). The van der Waals surface area contributed by atoms with Crippen LogP contribution in [0.2, 0.25) is 5.02 Å². The van der Waals surface area contributed by atoms with E-state index >= 15 is 0 Å². The highest BCUT2D eigenvalue weighted by molar-refractivity contribution is 6.31. The molecule has 6 nitrogen and oxygen atoms in total. The number of nitrogens with one attached hydrogen (secondary N) is 2. The van der Waals surface area contributed by atoms with Gasteiger partial charge in [-0.25, -0.2) is 4.98 Å². The summed E-state index contributed by atoms with van der Waals surface area (Å²) < 4.78 is 40.9. The highest BCUT2D eigenvalue weighted by Gasteiger charge is 2.28. The fourth-order valence-electron chi connectivity index (χ4n) is 2.11. The summed E-state index contributed by atoms with van der Waals surface area (Å²) in [4.78, 5) is 28.4. The number of amides is 2. The van der Waals surface area contributed by atoms with Gasteiger partial charge in [-0.3, -0.25) is 9.59 Å². The van der Waals surface area contributed by atoms with Crippen LogP contribution in [0, 0.1) is 0 Å². The van der Waals surface area contributed by atoms with Crippen LogP contribution in [-0.4, -0.2) is 35.6 Å². The molecule has 2 rings (SSSR count). The zero-order valence-corrected chi connectivity index (χ0v) is 15.7. The van der Waals surface area contributed by atoms with Gasteiger partial charge >= 0.3 is 6.18 Å². The Kier molecular flexibility index (Phi) is 6.85. The van der Waals surface area contributed by atoms with E-state index in [1.807, 2.05) is 0 Å². The summed E-state index contributed by atoms with van der Waals surface area (Å²) in [5.41, 5.74) is 0.465. The SMILES string of the molecule is CC(C)NC(=O)c1ccc(Cl)cc1NC(=O)c1ccc(OCC(F)(F)F)nc1. The maximum atomic E-state index is 12.4. The predicted molar refractivity (Wildman–Crippen MR) is 97.8 cm³/mol. The number of carbonyl (C=O) groups excluding carboxylic acids is 2. The number of nitrogens with zero attached hydrogens (tertiary/aromatic N) is 1. The van der Waals surface area contributed by atoms with E-state index in [1.165, 1.54) is 24.3 Å². The Hall–Kier alpha value is -2.81. The molecule has 0 aliphatic heterocycles. The van der Waals surface area contributed by atoms with E-state index in [9.17, 15) is 22.8 Å². The normalized spacial score (nSPS) is 11.2. The minimum atomic E-state index is -4.49. The Morgan fingerprint density at radius 1 is 1.18 bits per heavy atom. The zero-order valence-electron chi connectivity index (χ0n) is 14.9. The monoisotopic (exact) mass is 415 g/mol. The first-order chi connectivity index (χ1) is 13.0. The summed E-state index contributed by atoms with van der Waals surface area (Å²) in [6.07, 6.45) is -3.42. The van der Waals surface area contributed by atoms with Crippen molar-refractivity contribution in [2.45, 2.75) is 26.1 Å². The van der Waals surface area contributed by atoms with Crippen molar-refractivity contribution in [2.75, 3.05) is 11.9 Å². The van der Waals surface area contributed by atoms with Crippen molar-refractivity contribution in [3.63, 3.8) is 0 Å². The average molecular weight is 416 g/mol. The second-order valence-corrected chi connectivity index (χ2v) is 6.50. The van der Waals surface area contributed by atoms with Crippen LogP contribution in [0.5, 0.6) is 5.88 Å². The number of benzene rings is 1. The molecular weight excluding hydrogens is 399 g/mol. The van der Waals surface area contributed by atoms with Gasteiger partial charge in [-0.15, -0.1) is 0 Å². The summed E-state index contributed by atoms with van der Waals surface area (Å²) in [6.45, 7) is 2.10. The maximum absolute atomic E-state index is 12.4. The number of pyridine rings is 1. The molecule has 0 fully saturated rings. The number of alkyl halides is 3. The number of anilines is 1. The molecule has 0 aliphatic carbocycles. The second kappa shape index (κ2) is 8.92. The summed E-state index contributed by atoms with van der Waals surface area (Å²) in [5.74, 6) is -1.28. The molecule has 28 heavy (non-hydrogen) atoms. The van der Waals surface area contributed by atoms with E-state index < -0.39 is 24.6 Å². The highest BCUT2D eigenvalue weighted by atomic mass is 35.5. The van der Waals surface area contributed by atoms with Crippen LogP contribution in [0.15, 0.2) is 36.5 Å². The molecule has 0 spiro atoms. The van der Waals surface area contributed by atoms with Gasteiger partial charge < -0.3 is 15.4 Å². The predicted octanol–water partition coefficient (Wildman–Crippen LogP) is 4.07. The Morgan fingerprint density at radius 2 is 1.89 bits per heavy atom. The number of rotatable bonds is 6. The molecule has 0 bridgehead atoms. The van der Waals surface area contributed by atoms with Gasteiger partial charge in [0, 0.05) is 23.3 Å². The lowest BCUT2D eigenvalue weighted by atomic mass is 10.1. The van der Waals surface area contributed by atoms with Gasteiger partial charge in [-0.2, -0.15) is 13.2 Å². The van der Waals surface area contributed by atoms with Crippen LogP contribution in [0.4, 0.5) is 18.9 Å². The van der Waals surface area contributed by atoms with Crippen LogP contribution in [0.1, 0.15) is 34.6 Å². The lowest BCUT2D eigenvalue weighted by molar-refractivity contribution is -0.154. The molecule has 150 valence electrons. The van der Waals surface area contributed by atoms with E-state index in [0.717, 1.165) is 12.3 Å². The highest BCUT2D eigenvalue weighted by Crippen LogP contribution is 2.22. The smallest absolute Gasteiger partial charge is 0.422 e. The minimum absolute atomic E-state index is 0.0644. The molecule has 2 aromatic rings. The van der Waals surface area contributed by atoms with Crippen LogP contribution in [0.25, 0.3) is 0 Å². The fraction of sp³-hybridized carbons (Fsp3) is 0.278. The van der Waals surface area contributed by atoms with Gasteiger partial charge in [0.15, 0.2) is 6.61 Å². The summed E-state index contributed by atoms with van der Waals surface area (Å²) in [5, 5.41) is 5.57. The van der Waals surface area contributed by atoms with E-state index in [1.54, 1.807) is 13.8 Å². The molecular formula is C18H17ClF3N3O3. The molecule has 2 amide bonds. The Balaban J connectivity index is 2.14. The van der Waals surface area contributed by atoms with Crippen molar-refractivity contribution in [3.05, 3.63) is 52.7 Å². The second-order valence-electron chi connectivity index (χ2n) is 6.06. The van der Waals surface area contributed by atoms with E-state index in [2.05, 4.69) is 20.4 Å². The molecule has 1 heterocycles. The van der Waals surface area contributed by atoms with E-state index in [0.29, 0.717) is 5.02 Å². The molecule has 1 aromatic heterocycles. The molecule has 0 atom stereocenters. The van der Waals surface area contributed by atoms with Crippen molar-refractivity contribution < 1.29 is 27.5 Å². The third-order valence-corrected chi connectivity index (χ3v) is 3.51. The Labute approximate surface area is 164 Å². The van der Waals surface area contributed by atoms with Gasteiger partial charge in [0.05, 0.1) is 16.8 Å². The van der Waals surface area contributed by atoms with Crippen LogP contribution >= 0.6 is 11.6 Å². The maximum Gasteiger partial charge on any atom is 0.422 e. The number of halogens is 4. The third-order valence-electron chi connectivity index (χ3n) is 3.28. The molecule has 2 N–H and O–H groups in total. The molecule has 1 aromatic carbocycles.